The van der Waals surface area contributed by atoms with Crippen LogP contribution >= 0.6 is 0 Å². The van der Waals surface area contributed by atoms with Crippen LogP contribution in [0.2, 0.25) is 0 Å². The highest BCUT2D eigenvalue weighted by Gasteiger charge is 2.17. The van der Waals surface area contributed by atoms with Gasteiger partial charge in [-0.1, -0.05) is 24.3 Å². The van der Waals surface area contributed by atoms with Gasteiger partial charge in [-0.2, -0.15) is 0 Å². The average molecular weight is 273 g/mol. The van der Waals surface area contributed by atoms with E-state index in [9.17, 15) is 0 Å². The maximum absolute atomic E-state index is 6.00. The summed E-state index contributed by atoms with van der Waals surface area (Å²) in [5, 5.41) is 2.39. The molecule has 0 saturated carbocycles. The van der Waals surface area contributed by atoms with Gasteiger partial charge in [0.15, 0.2) is 0 Å². The standard InChI is InChI=1S/C16H23N3O/c1-19(8-5-9-20-2)16(10-17)15-12-18-11-13-6-3-4-7-14(13)15/h3-4,6-7,11-12,16H,5,8-10,17H2,1-2H3. The minimum atomic E-state index is 0.186. The predicted molar refractivity (Wildman–Crippen MR) is 82.7 cm³/mol. The molecule has 0 aliphatic rings. The van der Waals surface area contributed by atoms with Crippen LogP contribution in [0.15, 0.2) is 36.7 Å². The molecule has 20 heavy (non-hydrogen) atoms. The van der Waals surface area contributed by atoms with E-state index in [1.54, 1.807) is 7.11 Å². The monoisotopic (exact) mass is 273 g/mol. The zero-order valence-electron chi connectivity index (χ0n) is 12.2. The summed E-state index contributed by atoms with van der Waals surface area (Å²) in [5.41, 5.74) is 7.20. The Hall–Kier alpha value is -1.49. The summed E-state index contributed by atoms with van der Waals surface area (Å²) in [4.78, 5) is 6.63. The molecule has 0 aliphatic carbocycles. The lowest BCUT2D eigenvalue weighted by molar-refractivity contribution is 0.166. The molecule has 0 spiro atoms. The van der Waals surface area contributed by atoms with Crippen LogP contribution < -0.4 is 5.73 Å². The first kappa shape index (κ1) is 14.9. The molecule has 1 aromatic carbocycles. The van der Waals surface area contributed by atoms with Gasteiger partial charge in [0, 0.05) is 50.6 Å². The van der Waals surface area contributed by atoms with Crippen molar-refractivity contribution in [3.63, 3.8) is 0 Å². The number of pyridine rings is 1. The lowest BCUT2D eigenvalue weighted by Gasteiger charge is -2.28. The molecule has 1 heterocycles. The van der Waals surface area contributed by atoms with Gasteiger partial charge in [0.05, 0.1) is 0 Å². The van der Waals surface area contributed by atoms with Crippen molar-refractivity contribution in [2.24, 2.45) is 5.73 Å². The van der Waals surface area contributed by atoms with E-state index >= 15 is 0 Å². The van der Waals surface area contributed by atoms with Crippen molar-refractivity contribution in [1.82, 2.24) is 9.88 Å². The number of likely N-dealkylation sites (N-methyl/N-ethyl adjacent to an activating group) is 1. The number of nitrogens with zero attached hydrogens (tertiary/aromatic N) is 2. The van der Waals surface area contributed by atoms with E-state index in [0.29, 0.717) is 6.54 Å². The fourth-order valence-electron chi connectivity index (χ4n) is 2.56. The molecule has 0 radical (unpaired) electrons. The number of fused-ring (bicyclic) bond motifs is 1. The van der Waals surface area contributed by atoms with Crippen LogP contribution in [0.25, 0.3) is 10.8 Å². The molecule has 4 heteroatoms. The second-order valence-corrected chi connectivity index (χ2v) is 5.03. The predicted octanol–water partition coefficient (Wildman–Crippen LogP) is 2.20. The quantitative estimate of drug-likeness (QED) is 0.786. The highest BCUT2D eigenvalue weighted by Crippen LogP contribution is 2.26. The second kappa shape index (κ2) is 7.33. The van der Waals surface area contributed by atoms with Crippen molar-refractivity contribution in [1.29, 1.82) is 0 Å². The van der Waals surface area contributed by atoms with E-state index in [-0.39, 0.29) is 6.04 Å². The molecule has 0 fully saturated rings. The maximum atomic E-state index is 6.00. The van der Waals surface area contributed by atoms with Gasteiger partial charge in [-0.25, -0.2) is 0 Å². The minimum Gasteiger partial charge on any atom is -0.385 e. The topological polar surface area (TPSA) is 51.4 Å². The van der Waals surface area contributed by atoms with Crippen LogP contribution in [0.4, 0.5) is 0 Å². The summed E-state index contributed by atoms with van der Waals surface area (Å²) in [6.07, 6.45) is 4.84. The third kappa shape index (κ3) is 3.33. The van der Waals surface area contributed by atoms with E-state index in [2.05, 4.69) is 35.1 Å². The van der Waals surface area contributed by atoms with Gasteiger partial charge in [-0.05, 0) is 24.4 Å². The summed E-state index contributed by atoms with van der Waals surface area (Å²) in [6, 6.07) is 8.51. The molecule has 0 amide bonds. The highest BCUT2D eigenvalue weighted by molar-refractivity contribution is 5.85. The molecule has 4 nitrogen and oxygen atoms in total. The fourth-order valence-corrected chi connectivity index (χ4v) is 2.56. The van der Waals surface area contributed by atoms with Gasteiger partial charge >= 0.3 is 0 Å². The molecule has 0 saturated heterocycles. The first-order chi connectivity index (χ1) is 9.77. The van der Waals surface area contributed by atoms with Crippen LogP contribution in [0.1, 0.15) is 18.0 Å². The van der Waals surface area contributed by atoms with Crippen LogP contribution in [-0.2, 0) is 4.74 Å². The molecular weight excluding hydrogens is 250 g/mol. The summed E-state index contributed by atoms with van der Waals surface area (Å²) in [7, 11) is 3.84. The first-order valence-electron chi connectivity index (χ1n) is 6.99. The van der Waals surface area contributed by atoms with Crippen molar-refractivity contribution in [3.05, 3.63) is 42.2 Å². The third-order valence-electron chi connectivity index (χ3n) is 3.67. The number of hydrogen-bond acceptors (Lipinski definition) is 4. The minimum absolute atomic E-state index is 0.186. The molecule has 2 aromatic rings. The number of benzene rings is 1. The van der Waals surface area contributed by atoms with Crippen molar-refractivity contribution >= 4 is 10.8 Å². The molecule has 1 unspecified atom stereocenters. The van der Waals surface area contributed by atoms with E-state index < -0.39 is 0 Å². The van der Waals surface area contributed by atoms with Gasteiger partial charge in [-0.3, -0.25) is 9.88 Å². The summed E-state index contributed by atoms with van der Waals surface area (Å²) < 4.78 is 5.11. The molecule has 0 aliphatic heterocycles. The van der Waals surface area contributed by atoms with Gasteiger partial charge in [-0.15, -0.1) is 0 Å². The van der Waals surface area contributed by atoms with E-state index in [4.69, 9.17) is 10.5 Å². The maximum Gasteiger partial charge on any atom is 0.0488 e. The molecule has 1 aromatic heterocycles. The Balaban J connectivity index is 2.25. The summed E-state index contributed by atoms with van der Waals surface area (Å²) in [5.74, 6) is 0. The van der Waals surface area contributed by atoms with Crippen molar-refractivity contribution in [2.45, 2.75) is 12.5 Å². The number of aromatic nitrogens is 1. The smallest absolute Gasteiger partial charge is 0.0488 e. The van der Waals surface area contributed by atoms with Gasteiger partial charge in [0.1, 0.15) is 0 Å². The van der Waals surface area contributed by atoms with Gasteiger partial charge in [0.25, 0.3) is 0 Å². The lowest BCUT2D eigenvalue weighted by atomic mass is 10.0. The molecule has 2 rings (SSSR count). The number of ether oxygens (including phenoxy) is 1. The SMILES string of the molecule is COCCCN(C)C(CN)c1cncc2ccccc12. The van der Waals surface area contributed by atoms with E-state index in [1.807, 2.05) is 18.5 Å². The number of rotatable bonds is 7. The lowest BCUT2D eigenvalue weighted by Crippen LogP contribution is -2.32. The Kier molecular flexibility index (Phi) is 5.47. The van der Waals surface area contributed by atoms with E-state index in [1.165, 1.54) is 10.9 Å². The van der Waals surface area contributed by atoms with Crippen LogP contribution in [-0.4, -0.2) is 43.7 Å². The van der Waals surface area contributed by atoms with Crippen LogP contribution in [0.3, 0.4) is 0 Å². The van der Waals surface area contributed by atoms with Crippen LogP contribution in [0, 0.1) is 0 Å². The molecule has 108 valence electrons. The third-order valence-corrected chi connectivity index (χ3v) is 3.67. The van der Waals surface area contributed by atoms with Crippen molar-refractivity contribution < 1.29 is 4.74 Å². The Morgan fingerprint density at radius 2 is 2.10 bits per heavy atom. The van der Waals surface area contributed by atoms with Crippen LogP contribution in [0.5, 0.6) is 0 Å². The largest absolute Gasteiger partial charge is 0.385 e. The molecule has 0 bridgehead atoms. The average Bonchev–Trinajstić information content (AvgIpc) is 2.48. The zero-order chi connectivity index (χ0) is 14.4. The van der Waals surface area contributed by atoms with Gasteiger partial charge < -0.3 is 10.5 Å². The molecule has 2 N–H and O–H groups in total. The Bertz CT molecular complexity index is 539. The van der Waals surface area contributed by atoms with Crippen molar-refractivity contribution in [3.8, 4) is 0 Å². The highest BCUT2D eigenvalue weighted by atomic mass is 16.5. The molecular formula is C16H23N3O. The zero-order valence-corrected chi connectivity index (χ0v) is 12.2. The van der Waals surface area contributed by atoms with E-state index in [0.717, 1.165) is 25.0 Å². The number of hydrogen-bond donors (Lipinski definition) is 1. The Labute approximate surface area is 120 Å². The fraction of sp³-hybridized carbons (Fsp3) is 0.438. The van der Waals surface area contributed by atoms with Crippen molar-refractivity contribution in [2.75, 3.05) is 33.9 Å². The summed E-state index contributed by atoms with van der Waals surface area (Å²) in [6.45, 7) is 2.31. The summed E-state index contributed by atoms with van der Waals surface area (Å²) >= 11 is 0. The second-order valence-electron chi connectivity index (χ2n) is 5.03. The van der Waals surface area contributed by atoms with Gasteiger partial charge in [0.2, 0.25) is 0 Å². The molecule has 1 atom stereocenters. The normalized spacial score (nSPS) is 13.0. The number of methoxy groups -OCH3 is 1. The Morgan fingerprint density at radius 3 is 2.85 bits per heavy atom. The number of nitrogens with two attached hydrogens (primary N) is 1. The first-order valence-corrected chi connectivity index (χ1v) is 6.99. The Morgan fingerprint density at radius 1 is 1.30 bits per heavy atom.